The molecule has 4 aromatic rings. The van der Waals surface area contributed by atoms with Gasteiger partial charge in [-0.15, -0.1) is 0 Å². The largest absolute Gasteiger partial charge is 0.490 e. The van der Waals surface area contributed by atoms with Crippen molar-refractivity contribution < 1.29 is 13.9 Å². The number of fused-ring (bicyclic) bond motifs is 2. The van der Waals surface area contributed by atoms with Gasteiger partial charge in [-0.3, -0.25) is 18.7 Å². The molecule has 1 atom stereocenters. The molecule has 0 aliphatic carbocycles. The minimum absolute atomic E-state index is 0.190. The van der Waals surface area contributed by atoms with Crippen LogP contribution in [0.1, 0.15) is 36.0 Å². The van der Waals surface area contributed by atoms with Gasteiger partial charge >= 0.3 is 5.69 Å². The Hall–Kier alpha value is -3.88. The van der Waals surface area contributed by atoms with E-state index in [1.165, 1.54) is 30.9 Å². The Labute approximate surface area is 176 Å². The van der Waals surface area contributed by atoms with E-state index in [4.69, 9.17) is 9.15 Å². The van der Waals surface area contributed by atoms with Crippen molar-refractivity contribution in [3.63, 3.8) is 0 Å². The number of ether oxygens (including phenoxy) is 1. The molecule has 0 spiro atoms. The third-order valence-electron chi connectivity index (χ3n) is 5.16. The van der Waals surface area contributed by atoms with Crippen LogP contribution in [-0.2, 0) is 14.1 Å². The number of aryl methyl sites for hydroxylation is 1. The standard InChI is InChI=1S/C22H22N4O5/c1-5-30-16-8-6-7-13-10-17(31-18(13)16)12(2)24-20(27)14-9-15-19(23-11-14)25(3)22(29)26(4)21(15)28/h6-12H,5H2,1-4H3,(H,24,27)/t12-/m1/s1. The first-order valence-corrected chi connectivity index (χ1v) is 9.83. The van der Waals surface area contributed by atoms with E-state index in [0.717, 1.165) is 9.95 Å². The summed E-state index contributed by atoms with van der Waals surface area (Å²) in [6.07, 6.45) is 1.34. The predicted molar refractivity (Wildman–Crippen MR) is 115 cm³/mol. The topological polar surface area (TPSA) is 108 Å². The van der Waals surface area contributed by atoms with Gasteiger partial charge in [0.05, 0.1) is 23.6 Å². The normalized spacial score (nSPS) is 12.3. The van der Waals surface area contributed by atoms with Crippen LogP contribution in [-0.4, -0.2) is 26.6 Å². The fraction of sp³-hybridized carbons (Fsp3) is 0.273. The van der Waals surface area contributed by atoms with E-state index >= 15 is 0 Å². The number of carbonyl (C=O) groups is 1. The molecule has 160 valence electrons. The molecule has 0 unspecified atom stereocenters. The lowest BCUT2D eigenvalue weighted by atomic mass is 10.1. The van der Waals surface area contributed by atoms with Crippen LogP contribution in [0.3, 0.4) is 0 Å². The molecule has 1 N–H and O–H groups in total. The number of para-hydroxylation sites is 1. The molecule has 1 aromatic carbocycles. The van der Waals surface area contributed by atoms with Crippen molar-refractivity contribution in [2.24, 2.45) is 14.1 Å². The molecule has 9 nitrogen and oxygen atoms in total. The van der Waals surface area contributed by atoms with Crippen molar-refractivity contribution in [3.8, 4) is 5.75 Å². The average molecular weight is 422 g/mol. The Bertz CT molecular complexity index is 1430. The highest BCUT2D eigenvalue weighted by Crippen LogP contribution is 2.31. The molecule has 0 bridgehead atoms. The lowest BCUT2D eigenvalue weighted by Crippen LogP contribution is -2.37. The highest BCUT2D eigenvalue weighted by atomic mass is 16.5. The molecule has 0 saturated carbocycles. The van der Waals surface area contributed by atoms with E-state index in [0.29, 0.717) is 23.7 Å². The first-order chi connectivity index (χ1) is 14.8. The number of rotatable bonds is 5. The molecular weight excluding hydrogens is 400 g/mol. The molecule has 0 aliphatic rings. The molecule has 0 fully saturated rings. The maximum atomic E-state index is 12.8. The van der Waals surface area contributed by atoms with E-state index in [2.05, 4.69) is 10.3 Å². The summed E-state index contributed by atoms with van der Waals surface area (Å²) in [6.45, 7) is 4.21. The maximum absolute atomic E-state index is 12.8. The quantitative estimate of drug-likeness (QED) is 0.529. The number of amides is 1. The highest BCUT2D eigenvalue weighted by Gasteiger charge is 2.19. The van der Waals surface area contributed by atoms with Gasteiger partial charge in [0, 0.05) is 25.7 Å². The van der Waals surface area contributed by atoms with Gasteiger partial charge in [0.1, 0.15) is 11.4 Å². The number of hydrogen-bond donors (Lipinski definition) is 1. The van der Waals surface area contributed by atoms with Gasteiger partial charge in [-0.25, -0.2) is 9.78 Å². The summed E-state index contributed by atoms with van der Waals surface area (Å²) in [4.78, 5) is 41.5. The zero-order valence-electron chi connectivity index (χ0n) is 17.6. The van der Waals surface area contributed by atoms with Gasteiger partial charge in [-0.2, -0.15) is 0 Å². The molecule has 0 saturated heterocycles. The second-order valence-electron chi connectivity index (χ2n) is 7.25. The lowest BCUT2D eigenvalue weighted by Gasteiger charge is -2.12. The second-order valence-corrected chi connectivity index (χ2v) is 7.25. The van der Waals surface area contributed by atoms with Crippen LogP contribution >= 0.6 is 0 Å². The number of carbonyl (C=O) groups excluding carboxylic acids is 1. The van der Waals surface area contributed by atoms with E-state index in [9.17, 15) is 14.4 Å². The van der Waals surface area contributed by atoms with Gasteiger partial charge in [0.2, 0.25) is 0 Å². The third-order valence-corrected chi connectivity index (χ3v) is 5.16. The molecule has 1 amide bonds. The summed E-state index contributed by atoms with van der Waals surface area (Å²) < 4.78 is 13.8. The molecular formula is C22H22N4O5. The Morgan fingerprint density at radius 3 is 2.74 bits per heavy atom. The highest BCUT2D eigenvalue weighted by molar-refractivity contribution is 5.97. The zero-order valence-corrected chi connectivity index (χ0v) is 17.6. The number of nitrogens with one attached hydrogen (secondary N) is 1. The van der Waals surface area contributed by atoms with Crippen LogP contribution in [0.15, 0.2) is 50.5 Å². The second kappa shape index (κ2) is 7.75. The SMILES string of the molecule is CCOc1cccc2cc([C@@H](C)NC(=O)c3cnc4c(c3)c(=O)n(C)c(=O)n4C)oc12. The van der Waals surface area contributed by atoms with Gasteiger partial charge in [0.25, 0.3) is 11.5 Å². The summed E-state index contributed by atoms with van der Waals surface area (Å²) in [7, 11) is 2.91. The average Bonchev–Trinajstić information content (AvgIpc) is 3.21. The van der Waals surface area contributed by atoms with Crippen LogP contribution < -0.4 is 21.3 Å². The fourth-order valence-electron chi connectivity index (χ4n) is 3.48. The number of pyridine rings is 1. The van der Waals surface area contributed by atoms with Crippen LogP contribution in [0.2, 0.25) is 0 Å². The van der Waals surface area contributed by atoms with Gasteiger partial charge < -0.3 is 14.5 Å². The number of hydrogen-bond acceptors (Lipinski definition) is 6. The molecule has 31 heavy (non-hydrogen) atoms. The van der Waals surface area contributed by atoms with Crippen molar-refractivity contribution in [3.05, 3.63) is 68.7 Å². The van der Waals surface area contributed by atoms with Crippen molar-refractivity contribution in [1.82, 2.24) is 19.4 Å². The Morgan fingerprint density at radius 1 is 1.23 bits per heavy atom. The van der Waals surface area contributed by atoms with Crippen molar-refractivity contribution >= 4 is 27.9 Å². The molecule has 3 aromatic heterocycles. The van der Waals surface area contributed by atoms with Crippen LogP contribution in [0.5, 0.6) is 5.75 Å². The Morgan fingerprint density at radius 2 is 2.00 bits per heavy atom. The van der Waals surface area contributed by atoms with E-state index < -0.39 is 23.2 Å². The minimum atomic E-state index is -0.506. The summed E-state index contributed by atoms with van der Waals surface area (Å²) in [6, 6.07) is 8.48. The third kappa shape index (κ3) is 3.48. The van der Waals surface area contributed by atoms with Gasteiger partial charge in [0.15, 0.2) is 11.3 Å². The number of furan rings is 1. The van der Waals surface area contributed by atoms with Crippen molar-refractivity contribution in [2.45, 2.75) is 19.9 Å². The molecule has 3 heterocycles. The summed E-state index contributed by atoms with van der Waals surface area (Å²) >= 11 is 0. The van der Waals surface area contributed by atoms with Gasteiger partial charge in [-0.1, -0.05) is 12.1 Å². The first-order valence-electron chi connectivity index (χ1n) is 9.83. The molecule has 0 radical (unpaired) electrons. The first kappa shape index (κ1) is 20.4. The Balaban J connectivity index is 1.64. The van der Waals surface area contributed by atoms with E-state index in [1.54, 1.807) is 6.92 Å². The smallest absolute Gasteiger partial charge is 0.332 e. The monoisotopic (exact) mass is 422 g/mol. The van der Waals surface area contributed by atoms with Gasteiger partial charge in [-0.05, 0) is 32.0 Å². The predicted octanol–water partition coefficient (Wildman–Crippen LogP) is 2.27. The number of benzene rings is 1. The summed E-state index contributed by atoms with van der Waals surface area (Å²) in [5, 5.41) is 3.92. The maximum Gasteiger partial charge on any atom is 0.332 e. The summed E-state index contributed by atoms with van der Waals surface area (Å²) in [5.74, 6) is 0.802. The lowest BCUT2D eigenvalue weighted by molar-refractivity contribution is 0.0935. The molecule has 9 heteroatoms. The summed E-state index contributed by atoms with van der Waals surface area (Å²) in [5.41, 5.74) is 0.0676. The van der Waals surface area contributed by atoms with Crippen molar-refractivity contribution in [1.29, 1.82) is 0 Å². The van der Waals surface area contributed by atoms with Crippen LogP contribution in [0.25, 0.3) is 22.0 Å². The minimum Gasteiger partial charge on any atom is -0.490 e. The Kier molecular flexibility index (Phi) is 5.10. The molecule has 4 rings (SSSR count). The van der Waals surface area contributed by atoms with Crippen LogP contribution in [0.4, 0.5) is 0 Å². The number of nitrogens with zero attached hydrogens (tertiary/aromatic N) is 3. The zero-order chi connectivity index (χ0) is 22.3. The van der Waals surface area contributed by atoms with E-state index in [1.807, 2.05) is 31.2 Å². The fourth-order valence-corrected chi connectivity index (χ4v) is 3.48. The molecule has 0 aliphatic heterocycles. The van der Waals surface area contributed by atoms with Crippen molar-refractivity contribution in [2.75, 3.05) is 6.61 Å². The number of aromatic nitrogens is 3. The van der Waals surface area contributed by atoms with Crippen LogP contribution in [0, 0.1) is 0 Å². The van der Waals surface area contributed by atoms with E-state index in [-0.39, 0.29) is 16.6 Å².